The van der Waals surface area contributed by atoms with Gasteiger partial charge in [0.1, 0.15) is 5.75 Å². The summed E-state index contributed by atoms with van der Waals surface area (Å²) < 4.78 is 33.4. The summed E-state index contributed by atoms with van der Waals surface area (Å²) in [5.74, 6) is 0.808. The Morgan fingerprint density at radius 1 is 1.14 bits per heavy atom. The Morgan fingerprint density at radius 2 is 1.76 bits per heavy atom. The van der Waals surface area contributed by atoms with Crippen LogP contribution in [0.3, 0.4) is 0 Å². The molecule has 0 saturated carbocycles. The predicted molar refractivity (Wildman–Crippen MR) is 83.4 cm³/mol. The van der Waals surface area contributed by atoms with Gasteiger partial charge in [-0.25, -0.2) is 0 Å². The number of hydrogen-bond acceptors (Lipinski definition) is 3. The van der Waals surface area contributed by atoms with Gasteiger partial charge in [-0.1, -0.05) is 18.6 Å². The molecule has 6 heteroatoms. The van der Waals surface area contributed by atoms with Crippen molar-refractivity contribution in [3.05, 3.63) is 29.8 Å². The first kappa shape index (κ1) is 16.3. The molecule has 118 valence electrons. The Morgan fingerprint density at radius 3 is 2.33 bits per heavy atom. The molecule has 0 N–H and O–H groups in total. The van der Waals surface area contributed by atoms with Gasteiger partial charge < -0.3 is 4.74 Å². The zero-order valence-electron chi connectivity index (χ0n) is 12.8. The molecule has 2 rings (SSSR count). The third kappa shape index (κ3) is 4.18. The molecular weight excluding hydrogens is 288 g/mol. The maximum Gasteiger partial charge on any atom is 0.282 e. The number of rotatable bonds is 6. The van der Waals surface area contributed by atoms with Gasteiger partial charge in [0.2, 0.25) is 0 Å². The van der Waals surface area contributed by atoms with E-state index < -0.39 is 10.2 Å². The highest BCUT2D eigenvalue weighted by molar-refractivity contribution is 7.86. The lowest BCUT2D eigenvalue weighted by Crippen LogP contribution is -2.43. The summed E-state index contributed by atoms with van der Waals surface area (Å²) in [4.78, 5) is 0. The van der Waals surface area contributed by atoms with Crippen molar-refractivity contribution < 1.29 is 13.2 Å². The third-order valence-electron chi connectivity index (χ3n) is 3.67. The molecule has 1 fully saturated rings. The van der Waals surface area contributed by atoms with Gasteiger partial charge in [-0.2, -0.15) is 17.0 Å². The third-order valence-corrected chi connectivity index (χ3v) is 5.61. The molecule has 21 heavy (non-hydrogen) atoms. The van der Waals surface area contributed by atoms with Gasteiger partial charge in [-0.15, -0.1) is 0 Å². The Labute approximate surface area is 127 Å². The van der Waals surface area contributed by atoms with Crippen LogP contribution in [0.1, 0.15) is 31.7 Å². The molecule has 0 aromatic heterocycles. The Hall–Kier alpha value is -1.11. The van der Waals surface area contributed by atoms with Gasteiger partial charge in [0.15, 0.2) is 0 Å². The van der Waals surface area contributed by atoms with Crippen LogP contribution in [0, 0.1) is 0 Å². The molecular formula is C15H24N2O3S. The fraction of sp³-hybridized carbons (Fsp3) is 0.600. The monoisotopic (exact) mass is 312 g/mol. The minimum atomic E-state index is -3.35. The van der Waals surface area contributed by atoms with Crippen LogP contribution in [0.25, 0.3) is 0 Å². The van der Waals surface area contributed by atoms with Gasteiger partial charge in [0.25, 0.3) is 10.2 Å². The quantitative estimate of drug-likeness (QED) is 0.809. The molecule has 0 atom stereocenters. The summed E-state index contributed by atoms with van der Waals surface area (Å²) in [5.41, 5.74) is 0.960. The fourth-order valence-electron chi connectivity index (χ4n) is 2.49. The van der Waals surface area contributed by atoms with Gasteiger partial charge in [-0.05, 0) is 37.5 Å². The maximum absolute atomic E-state index is 12.5. The standard InChI is InChI=1S/C15H24N2O3S/c1-3-20-15-9-7-14(8-10-15)13-16(2)21(18,19)17-11-5-4-6-12-17/h7-10H,3-6,11-13H2,1-2H3. The first-order valence-corrected chi connectivity index (χ1v) is 8.87. The molecule has 1 saturated heterocycles. The highest BCUT2D eigenvalue weighted by Gasteiger charge is 2.27. The Bertz CT molecular complexity index is 537. The lowest BCUT2D eigenvalue weighted by molar-refractivity contribution is 0.314. The van der Waals surface area contributed by atoms with E-state index in [0.29, 0.717) is 26.2 Å². The van der Waals surface area contributed by atoms with E-state index >= 15 is 0 Å². The average molecular weight is 312 g/mol. The lowest BCUT2D eigenvalue weighted by Gasteiger charge is -2.30. The topological polar surface area (TPSA) is 49.9 Å². The molecule has 1 aromatic carbocycles. The van der Waals surface area contributed by atoms with Gasteiger partial charge in [-0.3, -0.25) is 0 Å². The van der Waals surface area contributed by atoms with Crippen molar-refractivity contribution in [2.75, 3.05) is 26.7 Å². The average Bonchev–Trinajstić information content (AvgIpc) is 2.50. The van der Waals surface area contributed by atoms with E-state index in [1.54, 1.807) is 11.4 Å². The number of ether oxygens (including phenoxy) is 1. The van der Waals surface area contributed by atoms with Crippen LogP contribution < -0.4 is 4.74 Å². The molecule has 1 aromatic rings. The van der Waals surface area contributed by atoms with E-state index in [4.69, 9.17) is 4.74 Å². The second kappa shape index (κ2) is 7.24. The summed E-state index contributed by atoms with van der Waals surface area (Å²) >= 11 is 0. The van der Waals surface area contributed by atoms with E-state index in [0.717, 1.165) is 30.6 Å². The first-order chi connectivity index (χ1) is 10.0. The zero-order valence-corrected chi connectivity index (χ0v) is 13.6. The van der Waals surface area contributed by atoms with Crippen LogP contribution in [0.5, 0.6) is 5.75 Å². The number of hydrogen-bond donors (Lipinski definition) is 0. The summed E-state index contributed by atoms with van der Waals surface area (Å²) in [6.45, 7) is 4.21. The van der Waals surface area contributed by atoms with Crippen LogP contribution >= 0.6 is 0 Å². The molecule has 5 nitrogen and oxygen atoms in total. The van der Waals surface area contributed by atoms with E-state index in [9.17, 15) is 8.42 Å². The molecule has 0 radical (unpaired) electrons. The van der Waals surface area contributed by atoms with Crippen molar-refractivity contribution in [1.82, 2.24) is 8.61 Å². The van der Waals surface area contributed by atoms with Crippen LogP contribution in [-0.4, -0.2) is 43.8 Å². The number of nitrogens with zero attached hydrogens (tertiary/aromatic N) is 2. The Kier molecular flexibility index (Phi) is 5.61. The lowest BCUT2D eigenvalue weighted by atomic mass is 10.2. The second-order valence-electron chi connectivity index (χ2n) is 5.30. The summed E-state index contributed by atoms with van der Waals surface area (Å²) in [7, 11) is -1.71. The molecule has 0 bridgehead atoms. The summed E-state index contributed by atoms with van der Waals surface area (Å²) in [5, 5.41) is 0. The summed E-state index contributed by atoms with van der Waals surface area (Å²) in [6.07, 6.45) is 3.03. The fourth-order valence-corrected chi connectivity index (χ4v) is 3.92. The second-order valence-corrected chi connectivity index (χ2v) is 7.34. The molecule has 0 aliphatic carbocycles. The van der Waals surface area contributed by atoms with Crippen molar-refractivity contribution >= 4 is 10.2 Å². The highest BCUT2D eigenvalue weighted by Crippen LogP contribution is 2.18. The minimum absolute atomic E-state index is 0.380. The molecule has 1 heterocycles. The van der Waals surface area contributed by atoms with E-state index in [-0.39, 0.29) is 0 Å². The van der Waals surface area contributed by atoms with Gasteiger partial charge in [0, 0.05) is 26.7 Å². The minimum Gasteiger partial charge on any atom is -0.494 e. The van der Waals surface area contributed by atoms with Crippen LogP contribution in [-0.2, 0) is 16.8 Å². The molecule has 0 amide bonds. The van der Waals surface area contributed by atoms with E-state index in [1.807, 2.05) is 31.2 Å². The number of benzene rings is 1. The van der Waals surface area contributed by atoms with Gasteiger partial charge in [0.05, 0.1) is 6.61 Å². The van der Waals surface area contributed by atoms with Crippen molar-refractivity contribution in [3.63, 3.8) is 0 Å². The van der Waals surface area contributed by atoms with Crippen LogP contribution in [0.2, 0.25) is 0 Å². The molecule has 0 spiro atoms. The van der Waals surface area contributed by atoms with Crippen molar-refractivity contribution in [3.8, 4) is 5.75 Å². The largest absolute Gasteiger partial charge is 0.494 e. The van der Waals surface area contributed by atoms with Crippen LogP contribution in [0.15, 0.2) is 24.3 Å². The molecule has 1 aliphatic heterocycles. The van der Waals surface area contributed by atoms with E-state index in [1.165, 1.54) is 4.31 Å². The first-order valence-electron chi connectivity index (χ1n) is 7.47. The smallest absolute Gasteiger partial charge is 0.282 e. The van der Waals surface area contributed by atoms with Crippen molar-refractivity contribution in [2.24, 2.45) is 0 Å². The van der Waals surface area contributed by atoms with Crippen LogP contribution in [0.4, 0.5) is 0 Å². The van der Waals surface area contributed by atoms with Gasteiger partial charge >= 0.3 is 0 Å². The SMILES string of the molecule is CCOc1ccc(CN(C)S(=O)(=O)N2CCCCC2)cc1. The predicted octanol–water partition coefficient (Wildman–Crippen LogP) is 2.25. The summed E-state index contributed by atoms with van der Waals surface area (Å²) in [6, 6.07) is 7.57. The normalized spacial score (nSPS) is 17.1. The van der Waals surface area contributed by atoms with Crippen molar-refractivity contribution in [1.29, 1.82) is 0 Å². The maximum atomic E-state index is 12.5. The van der Waals surface area contributed by atoms with E-state index in [2.05, 4.69) is 0 Å². The molecule has 0 unspecified atom stereocenters. The zero-order chi connectivity index (χ0) is 15.3. The molecule has 1 aliphatic rings. The highest BCUT2D eigenvalue weighted by atomic mass is 32.2. The van der Waals surface area contributed by atoms with Crippen molar-refractivity contribution in [2.45, 2.75) is 32.7 Å². The Balaban J connectivity index is 2.00. The number of piperidine rings is 1.